The Morgan fingerprint density at radius 3 is 2.12 bits per heavy atom. The Labute approximate surface area is 151 Å². The highest BCUT2D eigenvalue weighted by Gasteiger charge is 2.15. The number of phenols is 1. The Bertz CT molecular complexity index is 1030. The molecule has 3 nitrogen and oxygen atoms in total. The molecular weight excluding hydrogens is 322 g/mol. The summed E-state index contributed by atoms with van der Waals surface area (Å²) in [5.74, 6) is 7.14. The van der Waals surface area contributed by atoms with Gasteiger partial charge in [-0.2, -0.15) is 0 Å². The first-order chi connectivity index (χ1) is 12.8. The van der Waals surface area contributed by atoms with Gasteiger partial charge in [0.05, 0.1) is 0 Å². The molecule has 4 aromatic rings. The van der Waals surface area contributed by atoms with E-state index in [2.05, 4.69) is 16.8 Å². The topological polar surface area (TPSA) is 46.3 Å². The fraction of sp³-hybridized carbons (Fsp3) is 0. The van der Waals surface area contributed by atoms with E-state index in [1.54, 1.807) is 18.2 Å². The van der Waals surface area contributed by atoms with E-state index in [-0.39, 0.29) is 5.75 Å². The normalized spacial score (nSPS) is 10.2. The van der Waals surface area contributed by atoms with Gasteiger partial charge in [0, 0.05) is 16.7 Å². The number of oxazole rings is 1. The van der Waals surface area contributed by atoms with E-state index < -0.39 is 0 Å². The van der Waals surface area contributed by atoms with Gasteiger partial charge in [-0.15, -0.1) is 0 Å². The van der Waals surface area contributed by atoms with E-state index in [1.165, 1.54) is 0 Å². The molecule has 1 aromatic heterocycles. The maximum atomic E-state index is 9.55. The van der Waals surface area contributed by atoms with Crippen LogP contribution in [0.25, 0.3) is 22.6 Å². The molecule has 3 aromatic carbocycles. The van der Waals surface area contributed by atoms with Gasteiger partial charge >= 0.3 is 0 Å². The number of rotatable bonds is 2. The van der Waals surface area contributed by atoms with Crippen molar-refractivity contribution in [3.05, 3.63) is 96.4 Å². The summed E-state index contributed by atoms with van der Waals surface area (Å²) >= 11 is 0. The molecular formula is C23H15NO2. The van der Waals surface area contributed by atoms with E-state index in [4.69, 9.17) is 4.42 Å². The molecule has 3 heteroatoms. The fourth-order valence-corrected chi connectivity index (χ4v) is 2.66. The van der Waals surface area contributed by atoms with Crippen LogP contribution >= 0.6 is 0 Å². The maximum absolute atomic E-state index is 9.55. The molecule has 0 amide bonds. The Balaban J connectivity index is 1.80. The standard InChI is InChI=1S/C23H15NO2/c25-20-13-7-8-17(16-20)14-15-21-24-22(18-9-3-1-4-10-18)23(26-21)19-11-5-2-6-12-19/h1-13,16,25H. The van der Waals surface area contributed by atoms with Crippen LogP contribution in [0.2, 0.25) is 0 Å². The molecule has 0 unspecified atom stereocenters. The summed E-state index contributed by atoms with van der Waals surface area (Å²) in [6.45, 7) is 0. The molecule has 0 bridgehead atoms. The number of phenolic OH excluding ortho intramolecular Hbond substituents is 1. The highest BCUT2D eigenvalue weighted by Crippen LogP contribution is 2.32. The van der Waals surface area contributed by atoms with Crippen LogP contribution in [-0.4, -0.2) is 10.1 Å². The van der Waals surface area contributed by atoms with Gasteiger partial charge in [0.25, 0.3) is 5.89 Å². The van der Waals surface area contributed by atoms with Gasteiger partial charge in [0.15, 0.2) is 5.76 Å². The van der Waals surface area contributed by atoms with Crippen molar-refractivity contribution in [1.82, 2.24) is 4.98 Å². The summed E-state index contributed by atoms with van der Waals surface area (Å²) in [4.78, 5) is 4.59. The van der Waals surface area contributed by atoms with Crippen LogP contribution in [0.3, 0.4) is 0 Å². The van der Waals surface area contributed by atoms with Crippen LogP contribution in [-0.2, 0) is 0 Å². The molecule has 4 rings (SSSR count). The summed E-state index contributed by atoms with van der Waals surface area (Å²) in [5, 5.41) is 9.55. The maximum Gasteiger partial charge on any atom is 0.274 e. The van der Waals surface area contributed by atoms with Gasteiger partial charge in [-0.3, -0.25) is 0 Å². The Kier molecular flexibility index (Phi) is 4.24. The largest absolute Gasteiger partial charge is 0.508 e. The van der Waals surface area contributed by atoms with Crippen molar-refractivity contribution in [2.75, 3.05) is 0 Å². The van der Waals surface area contributed by atoms with E-state index in [0.717, 1.165) is 16.8 Å². The zero-order chi connectivity index (χ0) is 17.8. The molecule has 0 saturated carbocycles. The zero-order valence-electron chi connectivity index (χ0n) is 13.9. The average Bonchev–Trinajstić information content (AvgIpc) is 3.12. The van der Waals surface area contributed by atoms with Crippen molar-refractivity contribution < 1.29 is 9.52 Å². The first-order valence-electron chi connectivity index (χ1n) is 8.22. The molecule has 0 atom stereocenters. The Morgan fingerprint density at radius 1 is 0.731 bits per heavy atom. The van der Waals surface area contributed by atoms with Crippen LogP contribution in [0.5, 0.6) is 5.75 Å². The first-order valence-corrected chi connectivity index (χ1v) is 8.22. The van der Waals surface area contributed by atoms with Crippen LogP contribution in [0, 0.1) is 11.8 Å². The van der Waals surface area contributed by atoms with Gasteiger partial charge < -0.3 is 9.52 Å². The van der Waals surface area contributed by atoms with Crippen molar-refractivity contribution in [1.29, 1.82) is 0 Å². The summed E-state index contributed by atoms with van der Waals surface area (Å²) in [5.41, 5.74) is 3.38. The quantitative estimate of drug-likeness (QED) is 0.517. The SMILES string of the molecule is Oc1cccc(C#Cc2nc(-c3ccccc3)c(-c3ccccc3)o2)c1. The number of hydrogen-bond donors (Lipinski definition) is 1. The zero-order valence-corrected chi connectivity index (χ0v) is 13.9. The summed E-state index contributed by atoms with van der Waals surface area (Å²) in [7, 11) is 0. The van der Waals surface area contributed by atoms with Gasteiger partial charge in [0.1, 0.15) is 11.4 Å². The molecule has 124 valence electrons. The summed E-state index contributed by atoms with van der Waals surface area (Å²) in [6, 6.07) is 26.5. The highest BCUT2D eigenvalue weighted by atomic mass is 16.4. The molecule has 0 saturated heterocycles. The number of benzene rings is 3. The van der Waals surface area contributed by atoms with Crippen LogP contribution < -0.4 is 0 Å². The van der Waals surface area contributed by atoms with E-state index in [0.29, 0.717) is 17.2 Å². The van der Waals surface area contributed by atoms with Crippen molar-refractivity contribution in [3.63, 3.8) is 0 Å². The van der Waals surface area contributed by atoms with Crippen molar-refractivity contribution in [2.45, 2.75) is 0 Å². The molecule has 26 heavy (non-hydrogen) atoms. The predicted octanol–water partition coefficient (Wildman–Crippen LogP) is 5.11. The molecule has 0 spiro atoms. The predicted molar refractivity (Wildman–Crippen MR) is 101 cm³/mol. The molecule has 0 radical (unpaired) electrons. The number of hydrogen-bond acceptors (Lipinski definition) is 3. The van der Waals surface area contributed by atoms with Crippen molar-refractivity contribution >= 4 is 0 Å². The number of aromatic nitrogens is 1. The molecule has 0 aliphatic heterocycles. The van der Waals surface area contributed by atoms with Crippen LogP contribution in [0.15, 0.2) is 89.3 Å². The Hall–Kier alpha value is -3.77. The van der Waals surface area contributed by atoms with E-state index in [1.807, 2.05) is 66.7 Å². The first kappa shape index (κ1) is 15.7. The van der Waals surface area contributed by atoms with Crippen LogP contribution in [0.4, 0.5) is 0 Å². The van der Waals surface area contributed by atoms with Crippen molar-refractivity contribution in [3.8, 4) is 40.2 Å². The number of aromatic hydroxyl groups is 1. The molecule has 0 fully saturated rings. The smallest absolute Gasteiger partial charge is 0.274 e. The molecule has 0 aliphatic carbocycles. The third kappa shape index (κ3) is 3.35. The summed E-state index contributed by atoms with van der Waals surface area (Å²) in [6.07, 6.45) is 0. The van der Waals surface area contributed by atoms with Gasteiger partial charge in [-0.25, -0.2) is 4.98 Å². The van der Waals surface area contributed by atoms with Gasteiger partial charge in [0.2, 0.25) is 0 Å². The lowest BCUT2D eigenvalue weighted by Gasteiger charge is -2.00. The summed E-state index contributed by atoms with van der Waals surface area (Å²) < 4.78 is 5.96. The minimum absolute atomic E-state index is 0.180. The molecule has 0 aliphatic rings. The van der Waals surface area contributed by atoms with Crippen molar-refractivity contribution in [2.24, 2.45) is 0 Å². The number of nitrogens with zero attached hydrogens (tertiary/aromatic N) is 1. The van der Waals surface area contributed by atoms with E-state index in [9.17, 15) is 5.11 Å². The minimum atomic E-state index is 0.180. The average molecular weight is 337 g/mol. The fourth-order valence-electron chi connectivity index (χ4n) is 2.66. The second-order valence-corrected chi connectivity index (χ2v) is 5.73. The van der Waals surface area contributed by atoms with Gasteiger partial charge in [-0.1, -0.05) is 72.7 Å². The third-order valence-corrected chi connectivity index (χ3v) is 3.87. The Morgan fingerprint density at radius 2 is 1.42 bits per heavy atom. The van der Waals surface area contributed by atoms with E-state index >= 15 is 0 Å². The third-order valence-electron chi connectivity index (χ3n) is 3.87. The lowest BCUT2D eigenvalue weighted by Crippen LogP contribution is -1.82. The molecule has 1 heterocycles. The monoisotopic (exact) mass is 337 g/mol. The molecule has 1 N–H and O–H groups in total. The minimum Gasteiger partial charge on any atom is -0.508 e. The van der Waals surface area contributed by atoms with Gasteiger partial charge in [-0.05, 0) is 24.1 Å². The lowest BCUT2D eigenvalue weighted by atomic mass is 10.1. The second kappa shape index (κ2) is 7.00. The second-order valence-electron chi connectivity index (χ2n) is 5.73. The van der Waals surface area contributed by atoms with Crippen LogP contribution in [0.1, 0.15) is 11.5 Å². The lowest BCUT2D eigenvalue weighted by molar-refractivity contribution is 0.475. The highest BCUT2D eigenvalue weighted by molar-refractivity contribution is 5.77.